The lowest BCUT2D eigenvalue weighted by Crippen LogP contribution is -2.58. The molecular formula is C67H86FN13O11. The van der Waals surface area contributed by atoms with Crippen molar-refractivity contribution in [2.24, 2.45) is 13.0 Å². The van der Waals surface area contributed by atoms with Crippen LogP contribution in [0.25, 0.3) is 27.7 Å². The summed E-state index contributed by atoms with van der Waals surface area (Å²) in [5.41, 5.74) is 3.63. The van der Waals surface area contributed by atoms with E-state index >= 15 is 4.39 Å². The van der Waals surface area contributed by atoms with Gasteiger partial charge in [0.15, 0.2) is 11.6 Å². The molecule has 0 bridgehead atoms. The normalized spacial score (nSPS) is 18.2. The molecule has 4 aromatic heterocycles. The first kappa shape index (κ1) is 66.7. The van der Waals surface area contributed by atoms with Gasteiger partial charge in [-0.05, 0) is 110 Å². The Hall–Kier alpha value is -8.23. The van der Waals surface area contributed by atoms with Crippen LogP contribution in [0.15, 0.2) is 82.8 Å². The number of ether oxygens (including phenoxy) is 3. The molecule has 2 fully saturated rings. The van der Waals surface area contributed by atoms with Gasteiger partial charge in [0.05, 0.1) is 95.1 Å². The zero-order chi connectivity index (χ0) is 65.2. The van der Waals surface area contributed by atoms with Crippen molar-refractivity contribution in [3.63, 3.8) is 0 Å². The third-order valence-electron chi connectivity index (χ3n) is 18.1. The molecule has 6 heterocycles. The molecule has 2 aromatic carbocycles. The summed E-state index contributed by atoms with van der Waals surface area (Å²) in [5.74, 6) is -1.61. The highest BCUT2D eigenvalue weighted by Gasteiger charge is 2.45. The van der Waals surface area contributed by atoms with E-state index < -0.39 is 42.2 Å². The number of anilines is 2. The van der Waals surface area contributed by atoms with E-state index in [0.29, 0.717) is 41.0 Å². The van der Waals surface area contributed by atoms with E-state index in [0.717, 1.165) is 67.3 Å². The Morgan fingerprint density at radius 2 is 1.60 bits per heavy atom. The Morgan fingerprint density at radius 1 is 0.859 bits per heavy atom. The number of hydrogen-bond acceptors (Lipinski definition) is 16. The molecule has 5 amide bonds. The van der Waals surface area contributed by atoms with E-state index in [4.69, 9.17) is 14.2 Å². The van der Waals surface area contributed by atoms with Crippen LogP contribution in [0.1, 0.15) is 126 Å². The van der Waals surface area contributed by atoms with E-state index in [1.165, 1.54) is 28.6 Å². The summed E-state index contributed by atoms with van der Waals surface area (Å²) in [4.78, 5) is 104. The lowest BCUT2D eigenvalue weighted by atomic mass is 9.83. The summed E-state index contributed by atoms with van der Waals surface area (Å²) >= 11 is 0. The predicted octanol–water partition coefficient (Wildman–Crippen LogP) is 5.14. The third-order valence-corrected chi connectivity index (χ3v) is 18.1. The molecule has 10 rings (SSSR count). The number of nitrogens with one attached hydrogen (secondary N) is 5. The predicted molar refractivity (Wildman–Crippen MR) is 342 cm³/mol. The quantitative estimate of drug-likeness (QED) is 0.0405. The molecule has 4 aliphatic rings. The maximum Gasteiger partial charge on any atom is 0.283 e. The average Bonchev–Trinajstić information content (AvgIpc) is 0.808. The van der Waals surface area contributed by atoms with Crippen molar-refractivity contribution in [1.82, 2.24) is 60.2 Å². The fraction of sp³-hybridized carbons (Fsp3) is 0.522. The van der Waals surface area contributed by atoms with Crippen molar-refractivity contribution in [2.75, 3.05) is 65.1 Å². The van der Waals surface area contributed by atoms with Gasteiger partial charge in [-0.3, -0.25) is 38.2 Å². The second-order valence-electron chi connectivity index (χ2n) is 25.5. The molecule has 25 heteroatoms. The molecule has 6 N–H and O–H groups in total. The number of rotatable bonds is 25. The summed E-state index contributed by atoms with van der Waals surface area (Å²) in [5, 5.41) is 35.4. The highest BCUT2D eigenvalue weighted by molar-refractivity contribution is 5.94. The first-order chi connectivity index (χ1) is 44.3. The number of aromatic nitrogens is 6. The summed E-state index contributed by atoms with van der Waals surface area (Å²) in [7, 11) is 3.28. The second kappa shape index (κ2) is 30.0. The number of carbonyl (C=O) groups is 5. The first-order valence-corrected chi connectivity index (χ1v) is 32.1. The van der Waals surface area contributed by atoms with Crippen LogP contribution >= 0.6 is 0 Å². The molecule has 0 spiro atoms. The van der Waals surface area contributed by atoms with Crippen LogP contribution in [0.5, 0.6) is 0 Å². The van der Waals surface area contributed by atoms with Crippen LogP contribution in [0.2, 0.25) is 0 Å². The number of pyridine rings is 2. The highest BCUT2D eigenvalue weighted by Crippen LogP contribution is 2.34. The van der Waals surface area contributed by atoms with Gasteiger partial charge in [-0.15, -0.1) is 0 Å². The molecule has 492 valence electrons. The Morgan fingerprint density at radius 3 is 2.34 bits per heavy atom. The van der Waals surface area contributed by atoms with E-state index in [1.54, 1.807) is 66.0 Å². The summed E-state index contributed by atoms with van der Waals surface area (Å²) in [6.45, 7) is 9.58. The fourth-order valence-corrected chi connectivity index (χ4v) is 12.9. The van der Waals surface area contributed by atoms with Crippen LogP contribution < -0.4 is 37.7 Å². The van der Waals surface area contributed by atoms with Crippen LogP contribution in [-0.2, 0) is 76.8 Å². The summed E-state index contributed by atoms with van der Waals surface area (Å²) in [6, 6.07) is 13.4. The number of likely N-dealkylation sites (N-methyl/N-ethyl adjacent to an activating group) is 1. The molecule has 0 unspecified atom stereocenters. The number of amides is 5. The van der Waals surface area contributed by atoms with Gasteiger partial charge >= 0.3 is 0 Å². The number of nitrogens with zero attached hydrogens (tertiary/aromatic N) is 8. The highest BCUT2D eigenvalue weighted by atomic mass is 19.1. The van der Waals surface area contributed by atoms with Crippen molar-refractivity contribution >= 4 is 51.8 Å². The number of halogens is 1. The topological polar surface area (TPSA) is 288 Å². The molecule has 5 atom stereocenters. The van der Waals surface area contributed by atoms with Crippen LogP contribution in [0, 0.1) is 11.7 Å². The lowest BCUT2D eigenvalue weighted by Gasteiger charge is -2.35. The SMILES string of the molecule is CN[C@@H](C)C(=O)N[C@H](C(=O)N1C[C@@H](NC(=O)CCOCCOCCOCCC(=O)N2CCn3nc(Nc4cc(-c5ccnc(-n6ncc7cc(C(C)(C)C)cc(F)c7c6=O)c5CO)cn(C)c4=O)cc3C2)C[C@H]1C(=O)N[C@@H]1CCCc2ccccc21)C1CCCCC1. The van der Waals surface area contributed by atoms with Gasteiger partial charge in [0.2, 0.25) is 29.5 Å². The minimum atomic E-state index is -0.844. The molecule has 6 aromatic rings. The molecule has 1 saturated carbocycles. The molecule has 2 aliphatic heterocycles. The summed E-state index contributed by atoms with van der Waals surface area (Å²) in [6.07, 6.45) is 12.1. The number of aryl methyl sites for hydroxylation is 2. The Bertz CT molecular complexity index is 3780. The standard InChI is InChI=1S/C67H86FN13O11/c1-41(69-5)62(85)75-60(43-14-8-7-9-15-43)66(89)79-38-47(34-55(79)63(86)74-53-18-12-16-42-13-10-11-17-50(42)53)72-57(83)20-25-90-27-29-92-30-28-91-26-21-58(84)78-23-24-80-48(39-78)35-56(76-80)73-54-32-45(37-77(6)64(54)87)49-19-22-70-61(51(49)40-82)81-65(88)59-44(36-71-81)31-46(33-52(59)68)67(2,3)4/h10-11,13,17,19,22,31-33,35-37,41,43,47,53,55,60,69,82H,7-9,12,14-16,18,20-21,23-30,34,38-40H2,1-6H3,(H,72,83)(H,73,76)(H,74,86)(H,75,85)/t41-,47-,53+,55-,60-/m0/s1. The van der Waals surface area contributed by atoms with Crippen molar-refractivity contribution in [2.45, 2.75) is 154 Å². The van der Waals surface area contributed by atoms with Gasteiger partial charge in [-0.2, -0.15) is 14.9 Å². The maximum atomic E-state index is 15.6. The van der Waals surface area contributed by atoms with E-state index in [2.05, 4.69) is 47.8 Å². The molecule has 92 heavy (non-hydrogen) atoms. The Kier molecular flexibility index (Phi) is 21.8. The smallest absolute Gasteiger partial charge is 0.283 e. The van der Waals surface area contributed by atoms with Gasteiger partial charge in [0, 0.05) is 67.6 Å². The summed E-state index contributed by atoms with van der Waals surface area (Å²) < 4.78 is 36.8. The van der Waals surface area contributed by atoms with Crippen LogP contribution in [-0.4, -0.2) is 158 Å². The minimum Gasteiger partial charge on any atom is -0.392 e. The van der Waals surface area contributed by atoms with Crippen molar-refractivity contribution in [1.29, 1.82) is 0 Å². The van der Waals surface area contributed by atoms with Gasteiger partial charge in [-0.25, -0.2) is 9.37 Å². The van der Waals surface area contributed by atoms with Gasteiger partial charge < -0.3 is 60.3 Å². The van der Waals surface area contributed by atoms with Gasteiger partial charge in [-0.1, -0.05) is 64.3 Å². The van der Waals surface area contributed by atoms with Crippen LogP contribution in [0.4, 0.5) is 15.9 Å². The van der Waals surface area contributed by atoms with Crippen molar-refractivity contribution in [3.05, 3.63) is 128 Å². The zero-order valence-electron chi connectivity index (χ0n) is 53.4. The number of fused-ring (bicyclic) bond motifs is 3. The van der Waals surface area contributed by atoms with Crippen LogP contribution in [0.3, 0.4) is 0 Å². The lowest BCUT2D eigenvalue weighted by molar-refractivity contribution is -0.143. The van der Waals surface area contributed by atoms with Gasteiger partial charge in [0.1, 0.15) is 23.6 Å². The molecule has 2 aliphatic carbocycles. The number of benzene rings is 2. The maximum absolute atomic E-state index is 15.6. The molecule has 24 nitrogen and oxygen atoms in total. The Labute approximate surface area is 533 Å². The van der Waals surface area contributed by atoms with Crippen molar-refractivity contribution in [3.8, 4) is 16.9 Å². The third kappa shape index (κ3) is 15.6. The molecule has 0 radical (unpaired) electrons. The van der Waals surface area contributed by atoms with Crippen molar-refractivity contribution < 1.29 is 47.7 Å². The number of aliphatic hydroxyl groups excluding tert-OH is 1. The van der Waals surface area contributed by atoms with E-state index in [9.17, 15) is 38.7 Å². The fourth-order valence-electron chi connectivity index (χ4n) is 12.9. The monoisotopic (exact) mass is 1270 g/mol. The largest absolute Gasteiger partial charge is 0.392 e. The molecule has 1 saturated heterocycles. The Balaban J connectivity index is 0.652. The zero-order valence-corrected chi connectivity index (χ0v) is 53.4. The van der Waals surface area contributed by atoms with E-state index in [-0.39, 0.29) is 147 Å². The number of aliphatic hydroxyl groups is 1. The minimum absolute atomic E-state index is 0.00720. The molecular weight excluding hydrogens is 1180 g/mol. The number of hydrogen-bond donors (Lipinski definition) is 6. The average molecular weight is 1270 g/mol. The van der Waals surface area contributed by atoms with E-state index in [1.807, 2.05) is 39.0 Å². The van der Waals surface area contributed by atoms with Gasteiger partial charge in [0.25, 0.3) is 11.1 Å². The number of likely N-dealkylation sites (tertiary alicyclic amines) is 1. The first-order valence-electron chi connectivity index (χ1n) is 32.1. The number of carbonyl (C=O) groups excluding carboxylic acids is 5. The second-order valence-corrected chi connectivity index (χ2v) is 25.5.